The number of amides is 2. The van der Waals surface area contributed by atoms with Crippen molar-refractivity contribution in [3.8, 4) is 0 Å². The highest BCUT2D eigenvalue weighted by molar-refractivity contribution is 5.97. The Hall–Kier alpha value is -3.11. The molecule has 1 fully saturated rings. The van der Waals surface area contributed by atoms with Crippen LogP contribution in [0, 0.1) is 11.6 Å². The number of pyridine rings is 1. The summed E-state index contributed by atoms with van der Waals surface area (Å²) in [5.41, 5.74) is 1.00. The van der Waals surface area contributed by atoms with E-state index in [-0.39, 0.29) is 18.2 Å². The van der Waals surface area contributed by atoms with E-state index in [1.807, 2.05) is 0 Å². The Morgan fingerprint density at radius 1 is 1.32 bits per heavy atom. The predicted molar refractivity (Wildman–Crippen MR) is 122 cm³/mol. The number of benzene rings is 1. The van der Waals surface area contributed by atoms with Gasteiger partial charge in [0.2, 0.25) is 5.91 Å². The average Bonchev–Trinajstić information content (AvgIpc) is 2.83. The first-order valence-corrected chi connectivity index (χ1v) is 11.3. The first kappa shape index (κ1) is 25.5. The van der Waals surface area contributed by atoms with Gasteiger partial charge in [-0.2, -0.15) is 0 Å². The third-order valence-corrected chi connectivity index (χ3v) is 5.76. The van der Waals surface area contributed by atoms with Crippen LogP contribution in [0.25, 0.3) is 0 Å². The quantitative estimate of drug-likeness (QED) is 0.515. The number of aromatic nitrogens is 1. The lowest BCUT2D eigenvalue weighted by atomic mass is 10.0. The molecule has 1 saturated heterocycles. The highest BCUT2D eigenvalue weighted by Gasteiger charge is 2.25. The van der Waals surface area contributed by atoms with Crippen LogP contribution in [0.1, 0.15) is 30.9 Å². The Bertz CT molecular complexity index is 983. The number of carbonyl (C=O) groups is 2. The summed E-state index contributed by atoms with van der Waals surface area (Å²) < 4.78 is 38.7. The highest BCUT2D eigenvalue weighted by atomic mass is 19.1. The van der Waals surface area contributed by atoms with Gasteiger partial charge in [0.05, 0.1) is 37.9 Å². The van der Waals surface area contributed by atoms with Gasteiger partial charge >= 0.3 is 6.09 Å². The summed E-state index contributed by atoms with van der Waals surface area (Å²) >= 11 is 0. The maximum absolute atomic E-state index is 14.6. The monoisotopic (exact) mass is 476 g/mol. The maximum Gasteiger partial charge on any atom is 0.407 e. The zero-order valence-electron chi connectivity index (χ0n) is 19.3. The van der Waals surface area contributed by atoms with Crippen molar-refractivity contribution in [2.45, 2.75) is 50.8 Å². The molecule has 0 saturated carbocycles. The largest absolute Gasteiger partial charge is 0.453 e. The van der Waals surface area contributed by atoms with E-state index in [0.717, 1.165) is 12.6 Å². The lowest BCUT2D eigenvalue weighted by molar-refractivity contribution is -0.118. The van der Waals surface area contributed by atoms with E-state index in [2.05, 4.69) is 32.6 Å². The van der Waals surface area contributed by atoms with Crippen LogP contribution in [0.3, 0.4) is 0 Å². The van der Waals surface area contributed by atoms with Crippen molar-refractivity contribution in [3.05, 3.63) is 59.4 Å². The Kier molecular flexibility index (Phi) is 9.29. The second-order valence-corrected chi connectivity index (χ2v) is 8.17. The Labute approximate surface area is 197 Å². The third kappa shape index (κ3) is 7.19. The lowest BCUT2D eigenvalue weighted by Gasteiger charge is -2.30. The van der Waals surface area contributed by atoms with Gasteiger partial charge in [-0.15, -0.1) is 0 Å². The van der Waals surface area contributed by atoms with Gasteiger partial charge in [0.15, 0.2) is 0 Å². The minimum Gasteiger partial charge on any atom is -0.453 e. The van der Waals surface area contributed by atoms with E-state index in [1.165, 1.54) is 31.5 Å². The van der Waals surface area contributed by atoms with Crippen LogP contribution in [0.2, 0.25) is 0 Å². The molecule has 3 atom stereocenters. The fourth-order valence-corrected chi connectivity index (χ4v) is 3.77. The number of carbonyl (C=O) groups excluding carboxylic acids is 2. The summed E-state index contributed by atoms with van der Waals surface area (Å²) in [6.07, 6.45) is 3.43. The fraction of sp³-hybridized carbons (Fsp3) is 0.458. The maximum atomic E-state index is 14.6. The molecule has 0 spiro atoms. The Balaban J connectivity index is 1.70. The van der Waals surface area contributed by atoms with Crippen molar-refractivity contribution >= 4 is 17.7 Å². The van der Waals surface area contributed by atoms with Gasteiger partial charge in [-0.1, -0.05) is 19.1 Å². The second kappa shape index (κ2) is 12.4. The first-order valence-electron chi connectivity index (χ1n) is 11.3. The van der Waals surface area contributed by atoms with Gasteiger partial charge in [-0.3, -0.25) is 9.78 Å². The van der Waals surface area contributed by atoms with Gasteiger partial charge in [0, 0.05) is 24.6 Å². The highest BCUT2D eigenvalue weighted by Crippen LogP contribution is 2.22. The smallest absolute Gasteiger partial charge is 0.407 e. The summed E-state index contributed by atoms with van der Waals surface area (Å²) in [4.78, 5) is 28.7. The van der Waals surface area contributed by atoms with Crippen LogP contribution in [-0.2, 0) is 27.1 Å². The van der Waals surface area contributed by atoms with Crippen LogP contribution in [0.5, 0.6) is 0 Å². The SMILES string of the molecule is CC[C@@H]1CO[C@H](CCc2c(F)cncc2NC(=O)[C@H](Cc2cccc(F)c2)NC(=O)OC)CN1. The van der Waals surface area contributed by atoms with Gasteiger partial charge in [-0.25, -0.2) is 13.6 Å². The van der Waals surface area contributed by atoms with E-state index in [0.29, 0.717) is 43.2 Å². The van der Waals surface area contributed by atoms with E-state index >= 15 is 0 Å². The summed E-state index contributed by atoms with van der Waals surface area (Å²) in [7, 11) is 1.17. The van der Waals surface area contributed by atoms with Crippen molar-refractivity contribution < 1.29 is 27.8 Å². The predicted octanol–water partition coefficient (Wildman–Crippen LogP) is 2.97. The lowest BCUT2D eigenvalue weighted by Crippen LogP contribution is -2.46. The van der Waals surface area contributed by atoms with Gasteiger partial charge in [-0.05, 0) is 37.0 Å². The fourth-order valence-electron chi connectivity index (χ4n) is 3.77. The molecular weight excluding hydrogens is 446 g/mol. The number of nitrogens with one attached hydrogen (secondary N) is 3. The number of hydrogen-bond donors (Lipinski definition) is 3. The molecule has 1 aromatic carbocycles. The van der Waals surface area contributed by atoms with Crippen molar-refractivity contribution in [1.82, 2.24) is 15.6 Å². The second-order valence-electron chi connectivity index (χ2n) is 8.17. The number of nitrogens with zero attached hydrogens (tertiary/aromatic N) is 1. The number of rotatable bonds is 9. The van der Waals surface area contributed by atoms with E-state index in [1.54, 1.807) is 6.07 Å². The average molecular weight is 477 g/mol. The van der Waals surface area contributed by atoms with Crippen molar-refractivity contribution in [1.29, 1.82) is 0 Å². The number of morpholine rings is 1. The number of alkyl carbamates (subject to hydrolysis) is 1. The molecule has 0 radical (unpaired) electrons. The molecule has 0 aliphatic carbocycles. The molecule has 1 aromatic heterocycles. The van der Waals surface area contributed by atoms with E-state index < -0.39 is 29.7 Å². The molecule has 2 heterocycles. The third-order valence-electron chi connectivity index (χ3n) is 5.76. The normalized spacial score (nSPS) is 18.7. The standard InChI is InChI=1S/C24H30F2N4O4/c1-3-17-14-34-18(11-28-17)7-8-19-20(26)12-27-13-22(19)29-23(31)21(30-24(32)33-2)10-15-5-4-6-16(25)9-15/h4-6,9,12-13,17-18,21,28H,3,7-8,10-11,14H2,1-2H3,(H,29,31)(H,30,32)/t17-,18-,21+/m1/s1. The van der Waals surface area contributed by atoms with Crippen LogP contribution in [0.4, 0.5) is 19.3 Å². The molecule has 2 amide bonds. The minimum atomic E-state index is -1.08. The van der Waals surface area contributed by atoms with Crippen LogP contribution in [0.15, 0.2) is 36.7 Å². The molecule has 2 aromatic rings. The van der Waals surface area contributed by atoms with Crippen LogP contribution in [-0.4, -0.2) is 55.4 Å². The van der Waals surface area contributed by atoms with Gasteiger partial charge in [0.25, 0.3) is 0 Å². The van der Waals surface area contributed by atoms with Crippen molar-refractivity contribution in [2.75, 3.05) is 25.6 Å². The number of ether oxygens (including phenoxy) is 2. The molecule has 0 bridgehead atoms. The first-order chi connectivity index (χ1) is 16.4. The summed E-state index contributed by atoms with van der Waals surface area (Å²) in [5.74, 6) is -1.61. The number of methoxy groups -OCH3 is 1. The molecule has 34 heavy (non-hydrogen) atoms. The Morgan fingerprint density at radius 3 is 2.82 bits per heavy atom. The van der Waals surface area contributed by atoms with Crippen molar-refractivity contribution in [2.24, 2.45) is 0 Å². The van der Waals surface area contributed by atoms with Crippen molar-refractivity contribution in [3.63, 3.8) is 0 Å². The molecule has 1 aliphatic heterocycles. The van der Waals surface area contributed by atoms with Crippen LogP contribution >= 0.6 is 0 Å². The molecule has 0 unspecified atom stereocenters. The van der Waals surface area contributed by atoms with E-state index in [9.17, 15) is 18.4 Å². The van der Waals surface area contributed by atoms with E-state index in [4.69, 9.17) is 4.74 Å². The number of hydrogen-bond acceptors (Lipinski definition) is 6. The molecule has 3 N–H and O–H groups in total. The molecule has 184 valence electrons. The molecular formula is C24H30F2N4O4. The van der Waals surface area contributed by atoms with Crippen LogP contribution < -0.4 is 16.0 Å². The van der Waals surface area contributed by atoms with Gasteiger partial charge in [0.1, 0.15) is 17.7 Å². The summed E-state index contributed by atoms with van der Waals surface area (Å²) in [5, 5.41) is 8.50. The number of anilines is 1. The van der Waals surface area contributed by atoms with Gasteiger partial charge < -0.3 is 25.4 Å². The minimum absolute atomic E-state index is 0.0109. The topological polar surface area (TPSA) is 102 Å². The zero-order valence-corrected chi connectivity index (χ0v) is 19.3. The number of halogens is 2. The summed E-state index contributed by atoms with van der Waals surface area (Å²) in [6.45, 7) is 3.36. The molecule has 3 rings (SSSR count). The Morgan fingerprint density at radius 2 is 2.15 bits per heavy atom. The zero-order chi connectivity index (χ0) is 24.5. The summed E-state index contributed by atoms with van der Waals surface area (Å²) in [6, 6.07) is 4.94. The molecule has 8 nitrogen and oxygen atoms in total. The molecule has 1 aliphatic rings. The molecule has 10 heteroatoms.